The Kier molecular flexibility index (Phi) is 5.57. The number of carbonyl (C=O) groups is 1. The molecule has 0 saturated carbocycles. The van der Waals surface area contributed by atoms with Crippen LogP contribution in [0, 0.1) is 6.92 Å². The zero-order valence-corrected chi connectivity index (χ0v) is 14.7. The Balaban J connectivity index is 2.36. The number of hydrogen-bond donors (Lipinski definition) is 0. The van der Waals surface area contributed by atoms with Crippen LogP contribution >= 0.6 is 0 Å². The van der Waals surface area contributed by atoms with Gasteiger partial charge in [0.2, 0.25) is 0 Å². The fourth-order valence-corrected chi connectivity index (χ4v) is 3.59. The van der Waals surface area contributed by atoms with E-state index in [0.717, 1.165) is 23.6 Å². The van der Waals surface area contributed by atoms with E-state index in [4.69, 9.17) is 0 Å². The molecule has 0 spiro atoms. The monoisotopic (exact) mass is 343 g/mol. The molecule has 0 aliphatic carbocycles. The van der Waals surface area contributed by atoms with Crippen LogP contribution in [0.4, 0.5) is 5.69 Å². The predicted octanol–water partition coefficient (Wildman–Crippen LogP) is 3.51. The second-order valence-electron chi connectivity index (χ2n) is 5.55. The van der Waals surface area contributed by atoms with Gasteiger partial charge >= 0.3 is 0 Å². The van der Waals surface area contributed by atoms with E-state index in [2.05, 4.69) is 6.58 Å². The van der Waals surface area contributed by atoms with E-state index < -0.39 is 21.6 Å². The molecule has 4 nitrogen and oxygen atoms in total. The maximum atomic E-state index is 12.6. The SMILES string of the molecule is C=CC(=O)N(CS(=O)(=O)c1ccc(C)cc1)c1ccc(CC)cc1. The van der Waals surface area contributed by atoms with E-state index >= 15 is 0 Å². The third-order valence-electron chi connectivity index (χ3n) is 3.78. The topological polar surface area (TPSA) is 54.5 Å². The summed E-state index contributed by atoms with van der Waals surface area (Å²) in [4.78, 5) is 13.6. The number of carbonyl (C=O) groups excluding carboxylic acids is 1. The van der Waals surface area contributed by atoms with Crippen LogP contribution in [0.3, 0.4) is 0 Å². The van der Waals surface area contributed by atoms with Crippen LogP contribution in [0.15, 0.2) is 66.1 Å². The molecule has 2 rings (SSSR count). The first-order valence-corrected chi connectivity index (χ1v) is 9.35. The second-order valence-corrected chi connectivity index (χ2v) is 7.51. The van der Waals surface area contributed by atoms with E-state index in [1.807, 2.05) is 26.0 Å². The Bertz CT molecular complexity index is 822. The maximum Gasteiger partial charge on any atom is 0.251 e. The van der Waals surface area contributed by atoms with Gasteiger partial charge in [0, 0.05) is 5.69 Å². The minimum Gasteiger partial charge on any atom is -0.294 e. The van der Waals surface area contributed by atoms with Crippen molar-refractivity contribution in [3.8, 4) is 0 Å². The highest BCUT2D eigenvalue weighted by atomic mass is 32.2. The normalized spacial score (nSPS) is 11.1. The van der Waals surface area contributed by atoms with Crippen molar-refractivity contribution in [2.75, 3.05) is 10.8 Å². The molecule has 0 aromatic heterocycles. The summed E-state index contributed by atoms with van der Waals surface area (Å²) in [5, 5.41) is 0. The van der Waals surface area contributed by atoms with Crippen LogP contribution in [0.1, 0.15) is 18.1 Å². The number of rotatable bonds is 6. The molecular weight excluding hydrogens is 322 g/mol. The molecule has 0 bridgehead atoms. The molecule has 2 aromatic carbocycles. The van der Waals surface area contributed by atoms with E-state index in [0.29, 0.717) is 5.69 Å². The summed E-state index contributed by atoms with van der Waals surface area (Å²) in [6, 6.07) is 13.9. The molecule has 0 aliphatic heterocycles. The molecule has 24 heavy (non-hydrogen) atoms. The summed E-state index contributed by atoms with van der Waals surface area (Å²) >= 11 is 0. The van der Waals surface area contributed by atoms with Gasteiger partial charge in [0.1, 0.15) is 5.88 Å². The Morgan fingerprint density at radius 1 is 1.08 bits per heavy atom. The minimum absolute atomic E-state index is 0.195. The van der Waals surface area contributed by atoms with Gasteiger partial charge in [-0.15, -0.1) is 0 Å². The molecule has 0 atom stereocenters. The van der Waals surface area contributed by atoms with Gasteiger partial charge in [-0.1, -0.05) is 43.3 Å². The van der Waals surface area contributed by atoms with E-state index in [9.17, 15) is 13.2 Å². The van der Waals surface area contributed by atoms with Crippen LogP contribution in [-0.4, -0.2) is 20.2 Å². The molecule has 0 radical (unpaired) electrons. The standard InChI is InChI=1S/C19H21NO3S/c1-4-16-8-10-17(11-9-16)20(19(21)5-2)14-24(22,23)18-12-6-15(3)7-13-18/h5-13H,2,4,14H2,1,3H3. The maximum absolute atomic E-state index is 12.6. The van der Waals surface area contributed by atoms with Crippen LogP contribution in [-0.2, 0) is 21.1 Å². The summed E-state index contributed by atoms with van der Waals surface area (Å²) in [5.41, 5.74) is 2.63. The lowest BCUT2D eigenvalue weighted by Gasteiger charge is -2.21. The number of sulfone groups is 1. The van der Waals surface area contributed by atoms with Crippen molar-refractivity contribution in [2.24, 2.45) is 0 Å². The lowest BCUT2D eigenvalue weighted by atomic mass is 10.1. The van der Waals surface area contributed by atoms with Crippen molar-refractivity contribution in [2.45, 2.75) is 25.2 Å². The Labute approximate surface area is 143 Å². The van der Waals surface area contributed by atoms with Gasteiger partial charge in [0.25, 0.3) is 5.91 Å². The van der Waals surface area contributed by atoms with E-state index in [1.165, 1.54) is 4.90 Å². The molecule has 126 valence electrons. The predicted molar refractivity (Wildman–Crippen MR) is 96.7 cm³/mol. The third-order valence-corrected chi connectivity index (χ3v) is 5.36. The zero-order valence-electron chi connectivity index (χ0n) is 13.9. The number of amides is 1. The quantitative estimate of drug-likeness (QED) is 0.754. The molecule has 0 heterocycles. The molecule has 0 N–H and O–H groups in total. The van der Waals surface area contributed by atoms with Crippen LogP contribution in [0.25, 0.3) is 0 Å². The molecule has 0 fully saturated rings. The first-order chi connectivity index (χ1) is 11.4. The molecule has 0 unspecified atom stereocenters. The highest BCUT2D eigenvalue weighted by molar-refractivity contribution is 7.91. The van der Waals surface area contributed by atoms with Crippen LogP contribution < -0.4 is 4.90 Å². The average Bonchev–Trinajstić information content (AvgIpc) is 2.59. The second kappa shape index (κ2) is 7.45. The van der Waals surface area contributed by atoms with Gasteiger partial charge in [-0.25, -0.2) is 8.42 Å². The zero-order chi connectivity index (χ0) is 17.7. The summed E-state index contributed by atoms with van der Waals surface area (Å²) in [6.45, 7) is 7.39. The lowest BCUT2D eigenvalue weighted by molar-refractivity contribution is -0.114. The molecule has 0 aliphatic rings. The highest BCUT2D eigenvalue weighted by Crippen LogP contribution is 2.20. The van der Waals surface area contributed by atoms with E-state index in [1.54, 1.807) is 36.4 Å². The molecule has 5 heteroatoms. The summed E-state index contributed by atoms with van der Waals surface area (Å²) < 4.78 is 25.3. The first-order valence-electron chi connectivity index (χ1n) is 7.69. The molecule has 0 saturated heterocycles. The van der Waals surface area contributed by atoms with E-state index in [-0.39, 0.29) is 4.90 Å². The van der Waals surface area contributed by atoms with Crippen molar-refractivity contribution in [3.05, 3.63) is 72.3 Å². The number of nitrogens with zero attached hydrogens (tertiary/aromatic N) is 1. The Morgan fingerprint density at radius 3 is 2.17 bits per heavy atom. The van der Waals surface area contributed by atoms with Gasteiger partial charge in [-0.05, 0) is 49.2 Å². The number of aryl methyl sites for hydroxylation is 2. The fraction of sp³-hybridized carbons (Fsp3) is 0.211. The summed E-state index contributed by atoms with van der Waals surface area (Å²) in [6.07, 6.45) is 2.00. The van der Waals surface area contributed by atoms with Crippen molar-refractivity contribution in [1.82, 2.24) is 0 Å². The Hall–Kier alpha value is -2.40. The summed E-state index contributed by atoms with van der Waals surface area (Å²) in [5.74, 6) is -0.873. The van der Waals surface area contributed by atoms with Crippen molar-refractivity contribution < 1.29 is 13.2 Å². The van der Waals surface area contributed by atoms with Crippen molar-refractivity contribution in [1.29, 1.82) is 0 Å². The molecule has 1 amide bonds. The largest absolute Gasteiger partial charge is 0.294 e. The minimum atomic E-state index is -3.64. The smallest absolute Gasteiger partial charge is 0.251 e. The van der Waals surface area contributed by atoms with Crippen LogP contribution in [0.2, 0.25) is 0 Å². The van der Waals surface area contributed by atoms with Crippen LogP contribution in [0.5, 0.6) is 0 Å². The van der Waals surface area contributed by atoms with Gasteiger partial charge in [0.05, 0.1) is 4.90 Å². The summed E-state index contributed by atoms with van der Waals surface area (Å²) in [7, 11) is -3.64. The highest BCUT2D eigenvalue weighted by Gasteiger charge is 2.23. The average molecular weight is 343 g/mol. The number of anilines is 1. The van der Waals surface area contributed by atoms with Crippen molar-refractivity contribution in [3.63, 3.8) is 0 Å². The Morgan fingerprint density at radius 2 is 1.67 bits per heavy atom. The lowest BCUT2D eigenvalue weighted by Crippen LogP contribution is -2.34. The molecular formula is C19H21NO3S. The van der Waals surface area contributed by atoms with Gasteiger partial charge in [-0.2, -0.15) is 0 Å². The number of benzene rings is 2. The number of hydrogen-bond acceptors (Lipinski definition) is 3. The first kappa shape index (κ1) is 17.9. The van der Waals surface area contributed by atoms with Gasteiger partial charge in [-0.3, -0.25) is 9.69 Å². The van der Waals surface area contributed by atoms with Gasteiger partial charge < -0.3 is 0 Å². The fourth-order valence-electron chi connectivity index (χ4n) is 2.28. The third kappa shape index (κ3) is 4.11. The van der Waals surface area contributed by atoms with Gasteiger partial charge in [0.15, 0.2) is 9.84 Å². The molecule has 2 aromatic rings. The van der Waals surface area contributed by atoms with Crippen molar-refractivity contribution >= 4 is 21.4 Å².